The van der Waals surface area contributed by atoms with E-state index in [0.717, 1.165) is 17.1 Å². The minimum atomic E-state index is -0.269. The highest BCUT2D eigenvalue weighted by atomic mass is 32.1. The number of rotatable bonds is 6. The van der Waals surface area contributed by atoms with Crippen LogP contribution in [0.4, 0.5) is 4.39 Å². The molecule has 0 aliphatic rings. The first-order valence-electron chi connectivity index (χ1n) is 8.15. The van der Waals surface area contributed by atoms with Crippen LogP contribution >= 0.6 is 11.5 Å². The van der Waals surface area contributed by atoms with Crippen LogP contribution in [0, 0.1) is 5.82 Å². The molecule has 0 unspecified atom stereocenters. The molecule has 0 radical (unpaired) electrons. The molecule has 0 saturated carbocycles. The zero-order valence-corrected chi connectivity index (χ0v) is 15.2. The third kappa shape index (κ3) is 4.86. The van der Waals surface area contributed by atoms with Crippen molar-refractivity contribution >= 4 is 17.4 Å². The van der Waals surface area contributed by atoms with Crippen molar-refractivity contribution in [2.75, 3.05) is 0 Å². The van der Waals surface area contributed by atoms with Crippen LogP contribution in [-0.2, 0) is 6.42 Å². The summed E-state index contributed by atoms with van der Waals surface area (Å²) in [5.41, 5.74) is 1.50. The minimum Gasteiger partial charge on any atom is -0.430 e. The number of ether oxygens (including phenoxy) is 1. The molecule has 0 aliphatic heterocycles. The Morgan fingerprint density at radius 2 is 1.85 bits per heavy atom. The molecule has 3 rings (SSSR count). The number of hydrogen-bond acceptors (Lipinski definition) is 5. The summed E-state index contributed by atoms with van der Waals surface area (Å²) in [6.45, 7) is 3.82. The van der Waals surface area contributed by atoms with E-state index in [2.05, 4.69) is 14.7 Å². The van der Waals surface area contributed by atoms with Crippen LogP contribution in [0.1, 0.15) is 35.6 Å². The van der Waals surface area contributed by atoms with Crippen LogP contribution in [0.5, 0.6) is 10.9 Å². The Bertz CT molecular complexity index is 877. The van der Waals surface area contributed by atoms with Gasteiger partial charge in [0, 0.05) is 29.6 Å². The van der Waals surface area contributed by atoms with Crippen LogP contribution in [0.2, 0.25) is 0 Å². The maximum atomic E-state index is 12.9. The quantitative estimate of drug-likeness (QED) is 0.705. The van der Waals surface area contributed by atoms with Crippen molar-refractivity contribution in [1.29, 1.82) is 0 Å². The summed E-state index contributed by atoms with van der Waals surface area (Å²) >= 11 is 1.15. The van der Waals surface area contributed by atoms with E-state index in [0.29, 0.717) is 28.8 Å². The molecule has 0 spiro atoms. The van der Waals surface area contributed by atoms with E-state index in [1.165, 1.54) is 12.1 Å². The second-order valence-electron chi connectivity index (χ2n) is 6.03. The summed E-state index contributed by atoms with van der Waals surface area (Å²) in [6, 6.07) is 13.2. The maximum absolute atomic E-state index is 12.9. The van der Waals surface area contributed by atoms with Crippen molar-refractivity contribution in [3.63, 3.8) is 0 Å². The standard InChI is InChI=1S/C19H18FN3O2S/c1-12(2)21-18(24)14-5-9-16(10-6-14)25-19-22-17(23-26-19)11-13-3-7-15(20)8-4-13/h3-10,12H,11H2,1-2H3,(H,21,24). The topological polar surface area (TPSA) is 64.1 Å². The fourth-order valence-electron chi connectivity index (χ4n) is 2.26. The highest BCUT2D eigenvalue weighted by molar-refractivity contribution is 7.07. The average Bonchev–Trinajstić information content (AvgIpc) is 3.04. The van der Waals surface area contributed by atoms with E-state index in [1.54, 1.807) is 36.4 Å². The highest BCUT2D eigenvalue weighted by Crippen LogP contribution is 2.24. The van der Waals surface area contributed by atoms with Crippen molar-refractivity contribution in [2.24, 2.45) is 0 Å². The minimum absolute atomic E-state index is 0.0827. The maximum Gasteiger partial charge on any atom is 0.298 e. The monoisotopic (exact) mass is 371 g/mol. The van der Waals surface area contributed by atoms with E-state index in [9.17, 15) is 9.18 Å². The number of aromatic nitrogens is 2. The summed E-state index contributed by atoms with van der Waals surface area (Å²) in [7, 11) is 0. The first-order chi connectivity index (χ1) is 12.5. The van der Waals surface area contributed by atoms with Gasteiger partial charge in [0.05, 0.1) is 0 Å². The molecular formula is C19H18FN3O2S. The lowest BCUT2D eigenvalue weighted by Gasteiger charge is -2.08. The highest BCUT2D eigenvalue weighted by Gasteiger charge is 2.10. The molecule has 7 heteroatoms. The lowest BCUT2D eigenvalue weighted by atomic mass is 10.1. The Labute approximate surface area is 155 Å². The van der Waals surface area contributed by atoms with Gasteiger partial charge in [0.15, 0.2) is 5.82 Å². The molecule has 5 nitrogen and oxygen atoms in total. The number of nitrogens with zero attached hydrogens (tertiary/aromatic N) is 2. The van der Waals surface area contributed by atoms with Crippen molar-refractivity contribution in [2.45, 2.75) is 26.3 Å². The Morgan fingerprint density at radius 3 is 2.50 bits per heavy atom. The lowest BCUT2D eigenvalue weighted by Crippen LogP contribution is -2.29. The number of amides is 1. The van der Waals surface area contributed by atoms with Gasteiger partial charge in [-0.25, -0.2) is 4.39 Å². The second-order valence-corrected chi connectivity index (χ2v) is 6.75. The second kappa shape index (κ2) is 8.05. The van der Waals surface area contributed by atoms with E-state index in [-0.39, 0.29) is 17.8 Å². The van der Waals surface area contributed by atoms with Crippen LogP contribution in [-0.4, -0.2) is 21.3 Å². The predicted octanol–water partition coefficient (Wildman–Crippen LogP) is 4.20. The van der Waals surface area contributed by atoms with E-state index in [4.69, 9.17) is 4.74 Å². The summed E-state index contributed by atoms with van der Waals surface area (Å²) < 4.78 is 22.9. The van der Waals surface area contributed by atoms with E-state index >= 15 is 0 Å². The van der Waals surface area contributed by atoms with Gasteiger partial charge >= 0.3 is 0 Å². The number of carbonyl (C=O) groups excluding carboxylic acids is 1. The molecule has 1 amide bonds. The molecule has 0 aliphatic carbocycles. The van der Waals surface area contributed by atoms with Crippen molar-refractivity contribution in [1.82, 2.24) is 14.7 Å². The van der Waals surface area contributed by atoms with Crippen LogP contribution in [0.15, 0.2) is 48.5 Å². The zero-order valence-electron chi connectivity index (χ0n) is 14.4. The summed E-state index contributed by atoms with van der Waals surface area (Å²) in [6.07, 6.45) is 0.508. The average molecular weight is 371 g/mol. The number of halogens is 1. The number of hydrogen-bond donors (Lipinski definition) is 1. The number of benzene rings is 2. The largest absolute Gasteiger partial charge is 0.430 e. The van der Waals surface area contributed by atoms with Crippen molar-refractivity contribution in [3.8, 4) is 10.9 Å². The SMILES string of the molecule is CC(C)NC(=O)c1ccc(Oc2nc(Cc3ccc(F)cc3)ns2)cc1. The Morgan fingerprint density at radius 1 is 1.15 bits per heavy atom. The van der Waals surface area contributed by atoms with E-state index in [1.807, 2.05) is 13.8 Å². The smallest absolute Gasteiger partial charge is 0.298 e. The van der Waals surface area contributed by atoms with Gasteiger partial charge in [-0.1, -0.05) is 12.1 Å². The number of carbonyl (C=O) groups is 1. The fourth-order valence-corrected chi connectivity index (χ4v) is 2.83. The fraction of sp³-hybridized carbons (Fsp3) is 0.211. The van der Waals surface area contributed by atoms with Crippen LogP contribution < -0.4 is 10.1 Å². The normalized spacial score (nSPS) is 10.8. The molecule has 0 saturated heterocycles. The van der Waals surface area contributed by atoms with Gasteiger partial charge in [0.25, 0.3) is 11.1 Å². The third-order valence-corrected chi connectivity index (χ3v) is 4.10. The Hall–Kier alpha value is -2.80. The van der Waals surface area contributed by atoms with Crippen LogP contribution in [0.3, 0.4) is 0 Å². The summed E-state index contributed by atoms with van der Waals surface area (Å²) in [5.74, 6) is 0.804. The van der Waals surface area contributed by atoms with E-state index < -0.39 is 0 Å². The molecule has 1 N–H and O–H groups in total. The predicted molar refractivity (Wildman–Crippen MR) is 98.2 cm³/mol. The van der Waals surface area contributed by atoms with Crippen LogP contribution in [0.25, 0.3) is 0 Å². The lowest BCUT2D eigenvalue weighted by molar-refractivity contribution is 0.0943. The summed E-state index contributed by atoms with van der Waals surface area (Å²) in [4.78, 5) is 16.3. The first kappa shape index (κ1) is 18.0. The molecular weight excluding hydrogens is 353 g/mol. The summed E-state index contributed by atoms with van der Waals surface area (Å²) in [5, 5.41) is 3.25. The van der Waals surface area contributed by atoms with Gasteiger partial charge in [-0.2, -0.15) is 9.36 Å². The molecule has 0 atom stereocenters. The van der Waals surface area contributed by atoms with Crippen molar-refractivity contribution in [3.05, 3.63) is 71.3 Å². The zero-order chi connectivity index (χ0) is 18.5. The van der Waals surface area contributed by atoms with Gasteiger partial charge in [-0.15, -0.1) is 0 Å². The molecule has 2 aromatic carbocycles. The molecule has 0 bridgehead atoms. The van der Waals surface area contributed by atoms with Gasteiger partial charge in [0.2, 0.25) is 0 Å². The Kier molecular flexibility index (Phi) is 5.58. The first-order valence-corrected chi connectivity index (χ1v) is 8.93. The number of nitrogens with one attached hydrogen (secondary N) is 1. The molecule has 26 heavy (non-hydrogen) atoms. The molecule has 1 heterocycles. The molecule has 1 aromatic heterocycles. The van der Waals surface area contributed by atoms with Gasteiger partial charge in [-0.3, -0.25) is 4.79 Å². The van der Waals surface area contributed by atoms with Crippen molar-refractivity contribution < 1.29 is 13.9 Å². The molecule has 3 aromatic rings. The van der Waals surface area contributed by atoms with Gasteiger partial charge in [-0.05, 0) is 55.8 Å². The Balaban J connectivity index is 1.62. The third-order valence-electron chi connectivity index (χ3n) is 3.47. The molecule has 0 fully saturated rings. The molecule has 134 valence electrons. The van der Waals surface area contributed by atoms with Gasteiger partial charge < -0.3 is 10.1 Å². The van der Waals surface area contributed by atoms with Gasteiger partial charge in [0.1, 0.15) is 11.6 Å².